The Balaban J connectivity index is 1.50. The monoisotopic (exact) mass is 345 g/mol. The van der Waals surface area contributed by atoms with E-state index in [1.165, 1.54) is 4.88 Å². The maximum absolute atomic E-state index is 13.1. The van der Waals surface area contributed by atoms with Crippen LogP contribution in [-0.2, 0) is 16.9 Å². The Bertz CT molecular complexity index is 698. The van der Waals surface area contributed by atoms with Gasteiger partial charge in [-0.05, 0) is 32.3 Å². The fourth-order valence-electron chi connectivity index (χ4n) is 3.64. The van der Waals surface area contributed by atoms with Crippen LogP contribution in [0.4, 0.5) is 0 Å². The number of piperidine rings is 1. The van der Waals surface area contributed by atoms with Crippen LogP contribution in [0.5, 0.6) is 0 Å². The molecule has 0 aliphatic carbocycles. The number of thiazole rings is 1. The largest absolute Gasteiger partial charge is 0.340 e. The van der Waals surface area contributed by atoms with E-state index >= 15 is 0 Å². The zero-order valence-electron chi connectivity index (χ0n) is 14.0. The predicted molar refractivity (Wildman–Crippen MR) is 92.8 cm³/mol. The molecule has 4 heterocycles. The maximum Gasteiger partial charge on any atom is 0.250 e. The number of carbonyl (C=O) groups excluding carboxylic acids is 1. The number of nitrogens with zero attached hydrogens (tertiary/aromatic N) is 5. The number of hydrogen-bond donors (Lipinski definition) is 0. The van der Waals surface area contributed by atoms with E-state index in [1.807, 2.05) is 27.4 Å². The minimum atomic E-state index is -0.497. The number of aryl methyl sites for hydroxylation is 1. The van der Waals surface area contributed by atoms with Crippen LogP contribution < -0.4 is 0 Å². The Morgan fingerprint density at radius 3 is 2.62 bits per heavy atom. The molecule has 2 aromatic heterocycles. The SMILES string of the molecule is Cc1ncsc1CN1CCC(C(=O)N2CCC2)(n2cccn2)CC1. The number of amides is 1. The van der Waals surface area contributed by atoms with E-state index in [0.717, 1.165) is 57.7 Å². The van der Waals surface area contributed by atoms with Gasteiger partial charge in [-0.2, -0.15) is 5.10 Å². The lowest BCUT2D eigenvalue weighted by atomic mass is 9.85. The van der Waals surface area contributed by atoms with Crippen LogP contribution >= 0.6 is 11.3 Å². The van der Waals surface area contributed by atoms with E-state index in [4.69, 9.17) is 0 Å². The molecule has 2 aromatic rings. The molecule has 2 aliphatic rings. The molecular weight excluding hydrogens is 322 g/mol. The molecule has 2 aliphatic heterocycles. The molecule has 4 rings (SSSR count). The van der Waals surface area contributed by atoms with Crippen LogP contribution in [-0.4, -0.2) is 56.7 Å². The normalized spacial score (nSPS) is 20.8. The first-order valence-electron chi connectivity index (χ1n) is 8.60. The Kier molecular flexibility index (Phi) is 4.14. The first-order valence-corrected chi connectivity index (χ1v) is 9.48. The van der Waals surface area contributed by atoms with Gasteiger partial charge in [0.25, 0.3) is 5.91 Å². The van der Waals surface area contributed by atoms with Gasteiger partial charge in [-0.3, -0.25) is 14.4 Å². The third-order valence-corrected chi connectivity index (χ3v) is 6.30. The molecule has 0 N–H and O–H groups in total. The maximum atomic E-state index is 13.1. The van der Waals surface area contributed by atoms with E-state index in [1.54, 1.807) is 17.5 Å². The van der Waals surface area contributed by atoms with Gasteiger partial charge in [-0.25, -0.2) is 4.98 Å². The Morgan fingerprint density at radius 2 is 2.08 bits per heavy atom. The fraction of sp³-hybridized carbons (Fsp3) is 0.588. The molecule has 1 amide bonds. The molecule has 128 valence electrons. The highest BCUT2D eigenvalue weighted by molar-refractivity contribution is 7.09. The topological polar surface area (TPSA) is 54.3 Å². The van der Waals surface area contributed by atoms with Gasteiger partial charge in [-0.1, -0.05) is 0 Å². The average Bonchev–Trinajstić information content (AvgIpc) is 3.19. The first-order chi connectivity index (χ1) is 11.7. The van der Waals surface area contributed by atoms with Crippen molar-refractivity contribution in [2.75, 3.05) is 26.2 Å². The van der Waals surface area contributed by atoms with Crippen LogP contribution in [0.1, 0.15) is 29.8 Å². The molecule has 0 spiro atoms. The van der Waals surface area contributed by atoms with Gasteiger partial charge >= 0.3 is 0 Å². The van der Waals surface area contributed by atoms with Crippen LogP contribution in [0.15, 0.2) is 24.0 Å². The molecule has 2 saturated heterocycles. The molecule has 0 unspecified atom stereocenters. The zero-order chi connectivity index (χ0) is 16.6. The molecule has 0 bridgehead atoms. The number of carbonyl (C=O) groups is 1. The average molecular weight is 345 g/mol. The summed E-state index contributed by atoms with van der Waals surface area (Å²) < 4.78 is 1.91. The number of aromatic nitrogens is 3. The summed E-state index contributed by atoms with van der Waals surface area (Å²) in [7, 11) is 0. The second-order valence-electron chi connectivity index (χ2n) is 6.77. The Morgan fingerprint density at radius 1 is 1.29 bits per heavy atom. The highest BCUT2D eigenvalue weighted by Crippen LogP contribution is 2.34. The molecule has 7 heteroatoms. The lowest BCUT2D eigenvalue weighted by molar-refractivity contribution is -0.148. The fourth-order valence-corrected chi connectivity index (χ4v) is 4.46. The zero-order valence-corrected chi connectivity index (χ0v) is 14.8. The minimum absolute atomic E-state index is 0.256. The number of rotatable bonds is 4. The third kappa shape index (κ3) is 2.65. The van der Waals surface area contributed by atoms with Crippen molar-refractivity contribution in [3.8, 4) is 0 Å². The van der Waals surface area contributed by atoms with Crippen LogP contribution in [0.3, 0.4) is 0 Å². The summed E-state index contributed by atoms with van der Waals surface area (Å²) >= 11 is 1.72. The van der Waals surface area contributed by atoms with E-state index in [9.17, 15) is 4.79 Å². The molecule has 0 radical (unpaired) electrons. The van der Waals surface area contributed by atoms with Crippen molar-refractivity contribution in [3.63, 3.8) is 0 Å². The van der Waals surface area contributed by atoms with Crippen molar-refractivity contribution in [1.29, 1.82) is 0 Å². The quantitative estimate of drug-likeness (QED) is 0.849. The Labute approximate surface area is 146 Å². The molecule has 0 aromatic carbocycles. The van der Waals surface area contributed by atoms with Crippen LogP contribution in [0.25, 0.3) is 0 Å². The highest BCUT2D eigenvalue weighted by atomic mass is 32.1. The summed E-state index contributed by atoms with van der Waals surface area (Å²) in [6, 6.07) is 1.91. The van der Waals surface area contributed by atoms with E-state index in [2.05, 4.69) is 21.9 Å². The van der Waals surface area contributed by atoms with Gasteiger partial charge in [0, 0.05) is 50.0 Å². The standard InChI is InChI=1S/C17H23N5OS/c1-14-15(24-13-18-14)12-20-10-4-17(5-11-20,22-9-2-6-19-22)16(23)21-7-3-8-21/h2,6,9,13H,3-5,7-8,10-12H2,1H3. The predicted octanol–water partition coefficient (Wildman–Crippen LogP) is 1.87. The molecule has 0 atom stereocenters. The lowest BCUT2D eigenvalue weighted by Gasteiger charge is -2.45. The smallest absolute Gasteiger partial charge is 0.250 e. The summed E-state index contributed by atoms with van der Waals surface area (Å²) in [5.74, 6) is 0.256. The molecule has 2 fully saturated rings. The van der Waals surface area contributed by atoms with Crippen molar-refractivity contribution in [1.82, 2.24) is 24.6 Å². The van der Waals surface area contributed by atoms with Gasteiger partial charge in [0.1, 0.15) is 5.54 Å². The van der Waals surface area contributed by atoms with E-state index < -0.39 is 5.54 Å². The van der Waals surface area contributed by atoms with Crippen LogP contribution in [0, 0.1) is 6.92 Å². The third-order valence-electron chi connectivity index (χ3n) is 5.38. The number of likely N-dealkylation sites (tertiary alicyclic amines) is 2. The van der Waals surface area contributed by atoms with Crippen molar-refractivity contribution < 1.29 is 4.79 Å². The van der Waals surface area contributed by atoms with Gasteiger partial charge in [-0.15, -0.1) is 11.3 Å². The lowest BCUT2D eigenvalue weighted by Crippen LogP contribution is -2.59. The summed E-state index contributed by atoms with van der Waals surface area (Å²) in [6.07, 6.45) is 6.49. The summed E-state index contributed by atoms with van der Waals surface area (Å²) in [4.78, 5) is 23.2. The van der Waals surface area contributed by atoms with Gasteiger partial charge in [0.05, 0.1) is 11.2 Å². The second-order valence-corrected chi connectivity index (χ2v) is 7.70. The van der Waals surface area contributed by atoms with Gasteiger partial charge < -0.3 is 4.90 Å². The van der Waals surface area contributed by atoms with E-state index in [-0.39, 0.29) is 5.91 Å². The molecule has 24 heavy (non-hydrogen) atoms. The summed E-state index contributed by atoms with van der Waals surface area (Å²) in [5.41, 5.74) is 2.54. The molecule has 6 nitrogen and oxygen atoms in total. The van der Waals surface area contributed by atoms with Crippen molar-refractivity contribution in [2.45, 2.75) is 38.3 Å². The molecular formula is C17H23N5OS. The van der Waals surface area contributed by atoms with Crippen molar-refractivity contribution in [2.24, 2.45) is 0 Å². The first kappa shape index (κ1) is 15.8. The van der Waals surface area contributed by atoms with Gasteiger partial charge in [0.15, 0.2) is 0 Å². The minimum Gasteiger partial charge on any atom is -0.340 e. The highest BCUT2D eigenvalue weighted by Gasteiger charge is 2.46. The van der Waals surface area contributed by atoms with Crippen molar-refractivity contribution in [3.05, 3.63) is 34.5 Å². The Hall–Kier alpha value is -1.73. The molecule has 0 saturated carbocycles. The summed E-state index contributed by atoms with van der Waals surface area (Å²) in [6.45, 7) is 6.62. The summed E-state index contributed by atoms with van der Waals surface area (Å²) in [5, 5.41) is 4.43. The van der Waals surface area contributed by atoms with Crippen LogP contribution in [0.2, 0.25) is 0 Å². The second kappa shape index (κ2) is 6.29. The van der Waals surface area contributed by atoms with E-state index in [0.29, 0.717) is 0 Å². The van der Waals surface area contributed by atoms with Gasteiger partial charge in [0.2, 0.25) is 0 Å². The van der Waals surface area contributed by atoms with Crippen molar-refractivity contribution >= 4 is 17.2 Å². The number of hydrogen-bond acceptors (Lipinski definition) is 5.